The van der Waals surface area contributed by atoms with Crippen molar-refractivity contribution >= 4 is 35.0 Å². The number of thioether (sulfide) groups is 1. The molecule has 1 atom stereocenters. The van der Waals surface area contributed by atoms with Crippen molar-refractivity contribution in [1.29, 1.82) is 0 Å². The molecule has 0 saturated carbocycles. The summed E-state index contributed by atoms with van der Waals surface area (Å²) >= 11 is 6.96. The largest absolute Gasteiger partial charge is 0.325 e. The van der Waals surface area contributed by atoms with Crippen molar-refractivity contribution in [2.24, 2.45) is 0 Å². The van der Waals surface area contributed by atoms with Crippen LogP contribution in [0.25, 0.3) is 0 Å². The first-order chi connectivity index (χ1) is 9.54. The zero-order chi connectivity index (χ0) is 14.5. The van der Waals surface area contributed by atoms with E-state index in [9.17, 15) is 9.59 Å². The molecule has 2 rings (SSSR count). The van der Waals surface area contributed by atoms with E-state index in [0.29, 0.717) is 15.9 Å². The molecule has 0 aliphatic carbocycles. The van der Waals surface area contributed by atoms with E-state index in [1.165, 1.54) is 24.0 Å². The van der Waals surface area contributed by atoms with Crippen LogP contribution in [0.15, 0.2) is 46.5 Å². The molecule has 1 aromatic carbocycles. The molecule has 0 saturated heterocycles. The highest BCUT2D eigenvalue weighted by molar-refractivity contribution is 8.00. The highest BCUT2D eigenvalue weighted by Crippen LogP contribution is 2.20. The second-order valence-electron chi connectivity index (χ2n) is 4.00. The first kappa shape index (κ1) is 14.6. The second kappa shape index (κ2) is 6.58. The molecule has 2 N–H and O–H groups in total. The SMILES string of the molecule is CC(Sc1nccc(=O)[nH]1)C(=O)Nc1ccc(Cl)cc1. The Morgan fingerprint density at radius 1 is 1.35 bits per heavy atom. The van der Waals surface area contributed by atoms with E-state index in [4.69, 9.17) is 11.6 Å². The van der Waals surface area contributed by atoms with Crippen molar-refractivity contribution in [2.75, 3.05) is 5.32 Å². The lowest BCUT2D eigenvalue weighted by Crippen LogP contribution is -2.23. The third-order valence-electron chi connectivity index (χ3n) is 2.42. The summed E-state index contributed by atoms with van der Waals surface area (Å²) in [6, 6.07) is 8.17. The lowest BCUT2D eigenvalue weighted by atomic mass is 10.3. The van der Waals surface area contributed by atoms with Gasteiger partial charge in [-0.1, -0.05) is 23.4 Å². The highest BCUT2D eigenvalue weighted by atomic mass is 35.5. The second-order valence-corrected chi connectivity index (χ2v) is 5.76. The number of nitrogens with zero attached hydrogens (tertiary/aromatic N) is 1. The molecule has 104 valence electrons. The number of hydrogen-bond acceptors (Lipinski definition) is 4. The minimum Gasteiger partial charge on any atom is -0.325 e. The first-order valence-corrected chi connectivity index (χ1v) is 7.09. The van der Waals surface area contributed by atoms with E-state index >= 15 is 0 Å². The Hall–Kier alpha value is -1.79. The van der Waals surface area contributed by atoms with Crippen LogP contribution in [-0.2, 0) is 4.79 Å². The molecular weight excluding hydrogens is 298 g/mol. The van der Waals surface area contributed by atoms with Crippen LogP contribution in [0, 0.1) is 0 Å². The Bertz CT molecular complexity index is 657. The number of H-pyrrole nitrogens is 1. The third kappa shape index (κ3) is 4.11. The van der Waals surface area contributed by atoms with Gasteiger partial charge in [0.2, 0.25) is 5.91 Å². The van der Waals surface area contributed by atoms with Crippen LogP contribution in [0.5, 0.6) is 0 Å². The highest BCUT2D eigenvalue weighted by Gasteiger charge is 2.15. The molecule has 5 nitrogen and oxygen atoms in total. The minimum atomic E-state index is -0.392. The van der Waals surface area contributed by atoms with E-state index in [2.05, 4.69) is 15.3 Å². The van der Waals surface area contributed by atoms with Crippen molar-refractivity contribution < 1.29 is 4.79 Å². The summed E-state index contributed by atoms with van der Waals surface area (Å²) in [5.41, 5.74) is 0.425. The Labute approximate surface area is 124 Å². The Morgan fingerprint density at radius 2 is 2.05 bits per heavy atom. The number of aromatic amines is 1. The first-order valence-electron chi connectivity index (χ1n) is 5.83. The van der Waals surface area contributed by atoms with Crippen LogP contribution in [0.1, 0.15) is 6.92 Å². The predicted octanol–water partition coefficient (Wildman–Crippen LogP) is 2.54. The zero-order valence-corrected chi connectivity index (χ0v) is 12.2. The smallest absolute Gasteiger partial charge is 0.251 e. The van der Waals surface area contributed by atoms with Crippen molar-refractivity contribution in [3.05, 3.63) is 51.9 Å². The van der Waals surface area contributed by atoms with E-state index < -0.39 is 5.25 Å². The topological polar surface area (TPSA) is 74.8 Å². The number of anilines is 1. The average Bonchev–Trinajstić information content (AvgIpc) is 2.41. The molecule has 0 aliphatic heterocycles. The normalized spacial score (nSPS) is 11.9. The summed E-state index contributed by atoms with van der Waals surface area (Å²) in [6.07, 6.45) is 1.41. The van der Waals surface area contributed by atoms with Gasteiger partial charge in [0.1, 0.15) is 0 Å². The number of carbonyl (C=O) groups is 1. The quantitative estimate of drug-likeness (QED) is 0.672. The molecule has 0 bridgehead atoms. The molecule has 1 aromatic heterocycles. The number of amides is 1. The Kier molecular flexibility index (Phi) is 4.81. The van der Waals surface area contributed by atoms with Crippen LogP contribution in [0.4, 0.5) is 5.69 Å². The van der Waals surface area contributed by atoms with Gasteiger partial charge in [0.25, 0.3) is 5.56 Å². The molecule has 1 amide bonds. The van der Waals surface area contributed by atoms with E-state index in [1.807, 2.05) is 0 Å². The van der Waals surface area contributed by atoms with Gasteiger partial charge in [-0.3, -0.25) is 9.59 Å². The lowest BCUT2D eigenvalue weighted by molar-refractivity contribution is -0.115. The van der Waals surface area contributed by atoms with Crippen molar-refractivity contribution in [3.63, 3.8) is 0 Å². The maximum absolute atomic E-state index is 12.0. The van der Waals surface area contributed by atoms with Crippen LogP contribution < -0.4 is 10.9 Å². The summed E-state index contributed by atoms with van der Waals surface area (Å²) in [7, 11) is 0. The average molecular weight is 310 g/mol. The molecule has 1 heterocycles. The fraction of sp³-hybridized carbons (Fsp3) is 0.154. The van der Waals surface area contributed by atoms with Crippen molar-refractivity contribution in [1.82, 2.24) is 9.97 Å². The van der Waals surface area contributed by atoms with Crippen molar-refractivity contribution in [2.45, 2.75) is 17.3 Å². The molecule has 7 heteroatoms. The van der Waals surface area contributed by atoms with Gasteiger partial charge in [-0.05, 0) is 31.2 Å². The van der Waals surface area contributed by atoms with Gasteiger partial charge in [0, 0.05) is 23.0 Å². The number of benzene rings is 1. The zero-order valence-electron chi connectivity index (χ0n) is 10.6. The maximum Gasteiger partial charge on any atom is 0.251 e. The van der Waals surface area contributed by atoms with Gasteiger partial charge in [-0.2, -0.15) is 0 Å². The van der Waals surface area contributed by atoms with Gasteiger partial charge < -0.3 is 10.3 Å². The number of halogens is 1. The predicted molar refractivity (Wildman–Crippen MR) is 80.3 cm³/mol. The van der Waals surface area contributed by atoms with Crippen molar-refractivity contribution in [3.8, 4) is 0 Å². The lowest BCUT2D eigenvalue weighted by Gasteiger charge is -2.11. The molecule has 2 aromatic rings. The maximum atomic E-state index is 12.0. The molecule has 0 radical (unpaired) electrons. The number of nitrogens with one attached hydrogen (secondary N) is 2. The molecular formula is C13H12ClN3O2S. The molecule has 0 fully saturated rings. The van der Waals surface area contributed by atoms with E-state index in [1.54, 1.807) is 31.2 Å². The number of hydrogen-bond donors (Lipinski definition) is 2. The Morgan fingerprint density at radius 3 is 2.70 bits per heavy atom. The van der Waals surface area contributed by atoms with E-state index in [-0.39, 0.29) is 11.5 Å². The van der Waals surface area contributed by atoms with Gasteiger partial charge in [-0.15, -0.1) is 0 Å². The fourth-order valence-corrected chi connectivity index (χ4v) is 2.32. The summed E-state index contributed by atoms with van der Waals surface area (Å²) < 4.78 is 0. The summed E-state index contributed by atoms with van der Waals surface area (Å²) in [6.45, 7) is 1.74. The minimum absolute atomic E-state index is 0.177. The standard InChI is InChI=1S/C13H12ClN3O2S/c1-8(20-13-15-7-6-11(18)17-13)12(19)16-10-4-2-9(14)3-5-10/h2-8H,1H3,(H,16,19)(H,15,17,18). The number of carbonyl (C=O) groups excluding carboxylic acids is 1. The molecule has 0 aliphatic rings. The Balaban J connectivity index is 1.98. The van der Waals surface area contributed by atoms with Gasteiger partial charge in [0.15, 0.2) is 5.16 Å². The van der Waals surface area contributed by atoms with Crippen LogP contribution >= 0.6 is 23.4 Å². The summed E-state index contributed by atoms with van der Waals surface area (Å²) in [4.78, 5) is 29.7. The van der Waals surface area contributed by atoms with Crippen LogP contribution in [0.3, 0.4) is 0 Å². The summed E-state index contributed by atoms with van der Waals surface area (Å²) in [5, 5.41) is 3.39. The third-order valence-corrected chi connectivity index (χ3v) is 3.67. The fourth-order valence-electron chi connectivity index (χ4n) is 1.41. The number of rotatable bonds is 4. The molecule has 20 heavy (non-hydrogen) atoms. The van der Waals surface area contributed by atoms with Crippen LogP contribution in [0.2, 0.25) is 5.02 Å². The number of aromatic nitrogens is 2. The van der Waals surface area contributed by atoms with E-state index in [0.717, 1.165) is 0 Å². The van der Waals surface area contributed by atoms with Crippen LogP contribution in [-0.4, -0.2) is 21.1 Å². The van der Waals surface area contributed by atoms with Gasteiger partial charge >= 0.3 is 0 Å². The van der Waals surface area contributed by atoms with Gasteiger partial charge in [0.05, 0.1) is 5.25 Å². The van der Waals surface area contributed by atoms with Gasteiger partial charge in [-0.25, -0.2) is 4.98 Å². The monoisotopic (exact) mass is 309 g/mol. The molecule has 1 unspecified atom stereocenters. The molecule has 0 spiro atoms. The summed E-state index contributed by atoms with van der Waals surface area (Å²) in [5.74, 6) is -0.177.